The summed E-state index contributed by atoms with van der Waals surface area (Å²) >= 11 is 0. The molecule has 16 heavy (non-hydrogen) atoms. The number of aliphatic hydroxyl groups excluding tert-OH is 4. The maximum Gasteiger partial charge on any atom is 0.173 e. The summed E-state index contributed by atoms with van der Waals surface area (Å²) in [7, 11) is 0. The summed E-state index contributed by atoms with van der Waals surface area (Å²) < 4.78 is 5.01. The Balaban J connectivity index is 2.72. The molecule has 0 aromatic rings. The Morgan fingerprint density at radius 2 is 1.69 bits per heavy atom. The Hall–Kier alpha value is -0.240. The van der Waals surface area contributed by atoms with Crippen LogP contribution in [0.5, 0.6) is 0 Å². The van der Waals surface area contributed by atoms with E-state index in [1.165, 1.54) is 0 Å². The largest absolute Gasteiger partial charge is 0.394 e. The van der Waals surface area contributed by atoms with Crippen molar-refractivity contribution in [2.24, 2.45) is 0 Å². The maximum absolute atomic E-state index is 9.81. The second-order valence-electron chi connectivity index (χ2n) is 5.15. The van der Waals surface area contributed by atoms with Crippen LogP contribution in [0.3, 0.4) is 0 Å². The number of hydrogen-bond donors (Lipinski definition) is 5. The van der Waals surface area contributed by atoms with Gasteiger partial charge >= 0.3 is 0 Å². The van der Waals surface area contributed by atoms with Crippen molar-refractivity contribution < 1.29 is 25.2 Å². The molecule has 6 nitrogen and oxygen atoms in total. The molecule has 1 heterocycles. The Kier molecular flexibility index (Phi) is 4.28. The number of ether oxygens (including phenoxy) is 1. The van der Waals surface area contributed by atoms with Crippen LogP contribution in [0.15, 0.2) is 0 Å². The minimum Gasteiger partial charge on any atom is -0.394 e. The molecule has 1 fully saturated rings. The van der Waals surface area contributed by atoms with E-state index in [9.17, 15) is 15.3 Å². The topological polar surface area (TPSA) is 102 Å². The van der Waals surface area contributed by atoms with Crippen LogP contribution in [0.1, 0.15) is 20.8 Å². The molecule has 0 radical (unpaired) electrons. The van der Waals surface area contributed by atoms with Crippen molar-refractivity contribution in [2.45, 2.75) is 57.0 Å². The Morgan fingerprint density at radius 3 is 2.12 bits per heavy atom. The highest BCUT2D eigenvalue weighted by atomic mass is 16.6. The zero-order chi connectivity index (χ0) is 12.5. The van der Waals surface area contributed by atoms with Gasteiger partial charge in [-0.25, -0.2) is 0 Å². The highest BCUT2D eigenvalue weighted by Gasteiger charge is 2.44. The summed E-state index contributed by atoms with van der Waals surface area (Å²) in [6, 6.07) is -0.780. The maximum atomic E-state index is 9.81. The van der Waals surface area contributed by atoms with Gasteiger partial charge in [-0.05, 0) is 20.8 Å². The van der Waals surface area contributed by atoms with Gasteiger partial charge in [0.15, 0.2) is 6.29 Å². The molecule has 0 spiro atoms. The second-order valence-corrected chi connectivity index (χ2v) is 5.15. The molecule has 0 amide bonds. The van der Waals surface area contributed by atoms with Gasteiger partial charge < -0.3 is 30.5 Å². The van der Waals surface area contributed by atoms with Crippen molar-refractivity contribution in [3.05, 3.63) is 0 Å². The van der Waals surface area contributed by atoms with Crippen LogP contribution in [0, 0.1) is 0 Å². The lowest BCUT2D eigenvalue weighted by atomic mass is 9.94. The molecule has 0 bridgehead atoms. The van der Waals surface area contributed by atoms with Gasteiger partial charge in [0.2, 0.25) is 0 Å². The fraction of sp³-hybridized carbons (Fsp3) is 1.00. The van der Waals surface area contributed by atoms with Crippen molar-refractivity contribution in [1.29, 1.82) is 0 Å². The predicted octanol–water partition coefficient (Wildman–Crippen LogP) is -1.83. The van der Waals surface area contributed by atoms with Crippen molar-refractivity contribution >= 4 is 0 Å². The van der Waals surface area contributed by atoms with Crippen LogP contribution in [0.4, 0.5) is 0 Å². The van der Waals surface area contributed by atoms with Crippen LogP contribution in [-0.4, -0.2) is 63.2 Å². The van der Waals surface area contributed by atoms with Gasteiger partial charge in [0, 0.05) is 5.54 Å². The first-order chi connectivity index (χ1) is 7.26. The molecule has 1 rings (SSSR count). The molecule has 96 valence electrons. The highest BCUT2D eigenvalue weighted by Crippen LogP contribution is 2.21. The van der Waals surface area contributed by atoms with Gasteiger partial charge in [-0.15, -0.1) is 0 Å². The van der Waals surface area contributed by atoms with Gasteiger partial charge in [-0.2, -0.15) is 0 Å². The van der Waals surface area contributed by atoms with Crippen molar-refractivity contribution in [3.8, 4) is 0 Å². The van der Waals surface area contributed by atoms with E-state index in [0.29, 0.717) is 0 Å². The van der Waals surface area contributed by atoms with Gasteiger partial charge in [0.05, 0.1) is 12.6 Å². The van der Waals surface area contributed by atoms with Gasteiger partial charge in [-0.3, -0.25) is 0 Å². The first-order valence-electron chi connectivity index (χ1n) is 5.34. The third kappa shape index (κ3) is 3.13. The van der Waals surface area contributed by atoms with Crippen molar-refractivity contribution in [1.82, 2.24) is 5.32 Å². The minimum atomic E-state index is -1.25. The number of rotatable bonds is 2. The van der Waals surface area contributed by atoms with Crippen LogP contribution >= 0.6 is 0 Å². The molecule has 5 atom stereocenters. The lowest BCUT2D eigenvalue weighted by molar-refractivity contribution is -0.256. The molecule has 1 aliphatic rings. The van der Waals surface area contributed by atoms with E-state index in [1.54, 1.807) is 0 Å². The third-order valence-corrected chi connectivity index (χ3v) is 2.50. The molecular weight excluding hydrogens is 214 g/mol. The SMILES string of the molecule is CC(C)(C)NC1C(O)[C@H](O)C(CO)O[C@H]1O. The quantitative estimate of drug-likeness (QED) is 0.386. The Bertz CT molecular complexity index is 230. The fourth-order valence-electron chi connectivity index (χ4n) is 1.75. The van der Waals surface area contributed by atoms with E-state index in [2.05, 4.69) is 5.32 Å². The van der Waals surface area contributed by atoms with Gasteiger partial charge in [0.25, 0.3) is 0 Å². The third-order valence-electron chi connectivity index (χ3n) is 2.50. The fourth-order valence-corrected chi connectivity index (χ4v) is 1.75. The van der Waals surface area contributed by atoms with Crippen LogP contribution in [-0.2, 0) is 4.74 Å². The molecule has 1 saturated heterocycles. The Morgan fingerprint density at radius 1 is 1.12 bits per heavy atom. The summed E-state index contributed by atoms with van der Waals surface area (Å²) in [6.07, 6.45) is -4.61. The summed E-state index contributed by atoms with van der Waals surface area (Å²) in [4.78, 5) is 0. The van der Waals surface area contributed by atoms with E-state index in [0.717, 1.165) is 0 Å². The zero-order valence-corrected chi connectivity index (χ0v) is 9.79. The number of nitrogens with one attached hydrogen (secondary N) is 1. The summed E-state index contributed by atoms with van der Waals surface area (Å²) in [5, 5.41) is 41.0. The second kappa shape index (κ2) is 4.95. The molecule has 6 heteroatoms. The molecule has 0 aliphatic carbocycles. The first kappa shape index (κ1) is 13.8. The number of hydrogen-bond acceptors (Lipinski definition) is 6. The van der Waals surface area contributed by atoms with Crippen LogP contribution in [0.2, 0.25) is 0 Å². The molecule has 5 N–H and O–H groups in total. The highest BCUT2D eigenvalue weighted by molar-refractivity contribution is 4.95. The summed E-state index contributed by atoms with van der Waals surface area (Å²) in [6.45, 7) is 5.17. The van der Waals surface area contributed by atoms with Gasteiger partial charge in [-0.1, -0.05) is 0 Å². The average molecular weight is 235 g/mol. The predicted molar refractivity (Wildman–Crippen MR) is 56.7 cm³/mol. The van der Waals surface area contributed by atoms with Crippen molar-refractivity contribution in [2.75, 3.05) is 6.61 Å². The van der Waals surface area contributed by atoms with E-state index in [4.69, 9.17) is 9.84 Å². The van der Waals surface area contributed by atoms with Gasteiger partial charge in [0.1, 0.15) is 18.3 Å². The lowest BCUT2D eigenvalue weighted by Crippen LogP contribution is -2.65. The molecule has 3 unspecified atom stereocenters. The molecule has 1 aliphatic heterocycles. The monoisotopic (exact) mass is 235 g/mol. The molecule has 0 saturated carbocycles. The summed E-state index contributed by atoms with van der Waals surface area (Å²) in [5.74, 6) is 0. The van der Waals surface area contributed by atoms with E-state index in [1.807, 2.05) is 20.8 Å². The lowest BCUT2D eigenvalue weighted by Gasteiger charge is -2.43. The van der Waals surface area contributed by atoms with E-state index in [-0.39, 0.29) is 5.54 Å². The first-order valence-corrected chi connectivity index (χ1v) is 5.34. The standard InChI is InChI=1S/C10H21NO5/c1-10(2,3)11-6-8(14)7(13)5(4-12)16-9(6)15/h5-9,11-15H,4H2,1-3H3/t5?,6?,7-,8?,9-/m1/s1. The van der Waals surface area contributed by atoms with E-state index >= 15 is 0 Å². The van der Waals surface area contributed by atoms with Crippen LogP contribution < -0.4 is 5.32 Å². The van der Waals surface area contributed by atoms with Crippen molar-refractivity contribution in [3.63, 3.8) is 0 Å². The molecule has 0 aromatic heterocycles. The smallest absolute Gasteiger partial charge is 0.173 e. The Labute approximate surface area is 94.9 Å². The number of aliphatic hydroxyl groups is 4. The van der Waals surface area contributed by atoms with E-state index < -0.39 is 37.3 Å². The normalized spacial score (nSPS) is 41.1. The molecule has 0 aromatic carbocycles. The average Bonchev–Trinajstić information content (AvgIpc) is 2.17. The molecular formula is C10H21NO5. The summed E-state index contributed by atoms with van der Waals surface area (Å²) in [5.41, 5.74) is -0.332. The zero-order valence-electron chi connectivity index (χ0n) is 9.79. The van der Waals surface area contributed by atoms with Crippen LogP contribution in [0.25, 0.3) is 0 Å². The minimum absolute atomic E-state index is 0.332.